The second kappa shape index (κ2) is 6.31. The van der Waals surface area contributed by atoms with E-state index in [0.29, 0.717) is 19.4 Å². The van der Waals surface area contributed by atoms with Gasteiger partial charge in [0.25, 0.3) is 0 Å². The van der Waals surface area contributed by atoms with Crippen molar-refractivity contribution >= 4 is 27.5 Å². The Morgan fingerprint density at radius 3 is 2.43 bits per heavy atom. The van der Waals surface area contributed by atoms with E-state index in [9.17, 15) is 13.2 Å². The predicted molar refractivity (Wildman–Crippen MR) is 80.0 cm³/mol. The summed E-state index contributed by atoms with van der Waals surface area (Å²) in [6, 6.07) is 4.68. The molecule has 0 spiro atoms. The molecular formula is C13H18ClN3O3S. The van der Waals surface area contributed by atoms with E-state index in [1.54, 1.807) is 12.1 Å². The van der Waals surface area contributed by atoms with Gasteiger partial charge in [-0.2, -0.15) is 4.31 Å². The third-order valence-electron chi connectivity index (χ3n) is 3.71. The number of halogens is 1. The van der Waals surface area contributed by atoms with E-state index in [2.05, 4.69) is 0 Å². The molecule has 8 heteroatoms. The van der Waals surface area contributed by atoms with Crippen LogP contribution in [0.3, 0.4) is 0 Å². The largest absolute Gasteiger partial charge is 0.369 e. The second-order valence-corrected chi connectivity index (χ2v) is 7.36. The molecule has 1 aliphatic rings. The van der Waals surface area contributed by atoms with Crippen molar-refractivity contribution in [2.45, 2.75) is 24.3 Å². The van der Waals surface area contributed by atoms with Crippen LogP contribution in [0.2, 0.25) is 5.02 Å². The van der Waals surface area contributed by atoms with Gasteiger partial charge in [-0.3, -0.25) is 4.79 Å². The molecule has 21 heavy (non-hydrogen) atoms. The van der Waals surface area contributed by atoms with Crippen molar-refractivity contribution in [2.24, 2.45) is 17.4 Å². The lowest BCUT2D eigenvalue weighted by Crippen LogP contribution is -2.41. The van der Waals surface area contributed by atoms with E-state index >= 15 is 0 Å². The highest BCUT2D eigenvalue weighted by Gasteiger charge is 2.32. The van der Waals surface area contributed by atoms with E-state index in [4.69, 9.17) is 23.1 Å². The van der Waals surface area contributed by atoms with Gasteiger partial charge >= 0.3 is 0 Å². The first-order chi connectivity index (χ1) is 9.86. The zero-order chi connectivity index (χ0) is 15.6. The number of nitrogens with two attached hydrogens (primary N) is 2. The minimum Gasteiger partial charge on any atom is -0.369 e. The summed E-state index contributed by atoms with van der Waals surface area (Å²) >= 11 is 6.06. The summed E-state index contributed by atoms with van der Waals surface area (Å²) in [6.07, 6.45) is 0.875. The lowest BCUT2D eigenvalue weighted by molar-refractivity contribution is -0.122. The number of hydrogen-bond donors (Lipinski definition) is 2. The SMILES string of the molecule is NCc1ccc(S(=O)(=O)N2CCC(C(N)=O)CC2)c(Cl)c1. The number of carbonyl (C=O) groups is 1. The lowest BCUT2D eigenvalue weighted by atomic mass is 9.98. The van der Waals surface area contributed by atoms with Crippen LogP contribution < -0.4 is 11.5 Å². The number of rotatable bonds is 4. The average molecular weight is 332 g/mol. The number of sulfonamides is 1. The van der Waals surface area contributed by atoms with Gasteiger partial charge in [-0.25, -0.2) is 8.42 Å². The molecule has 0 atom stereocenters. The number of carbonyl (C=O) groups excluding carboxylic acids is 1. The van der Waals surface area contributed by atoms with Gasteiger partial charge in [-0.05, 0) is 30.5 Å². The van der Waals surface area contributed by atoms with Gasteiger partial charge in [0.1, 0.15) is 4.90 Å². The molecule has 2 rings (SSSR count). The van der Waals surface area contributed by atoms with E-state index in [-0.39, 0.29) is 34.8 Å². The summed E-state index contributed by atoms with van der Waals surface area (Å²) in [7, 11) is -3.66. The molecule has 1 fully saturated rings. The monoisotopic (exact) mass is 331 g/mol. The number of piperidine rings is 1. The van der Waals surface area contributed by atoms with E-state index in [1.807, 2.05) is 0 Å². The third kappa shape index (κ3) is 3.37. The molecule has 0 unspecified atom stereocenters. The Balaban J connectivity index is 2.21. The summed E-state index contributed by atoms with van der Waals surface area (Å²) in [4.78, 5) is 11.2. The van der Waals surface area contributed by atoms with Crippen LogP contribution in [0.25, 0.3) is 0 Å². The normalized spacial score (nSPS) is 17.8. The van der Waals surface area contributed by atoms with Crippen LogP contribution in [0.15, 0.2) is 23.1 Å². The molecule has 1 amide bonds. The molecule has 1 saturated heterocycles. The maximum atomic E-state index is 12.6. The summed E-state index contributed by atoms with van der Waals surface area (Å²) in [5.74, 6) is -0.635. The molecule has 116 valence electrons. The third-order valence-corrected chi connectivity index (χ3v) is 6.09. The highest BCUT2D eigenvalue weighted by Crippen LogP contribution is 2.28. The van der Waals surface area contributed by atoms with E-state index in [0.717, 1.165) is 5.56 Å². The van der Waals surface area contributed by atoms with Crippen LogP contribution in [0.4, 0.5) is 0 Å². The lowest BCUT2D eigenvalue weighted by Gasteiger charge is -2.30. The van der Waals surface area contributed by atoms with Crippen LogP contribution in [0.1, 0.15) is 18.4 Å². The molecule has 0 bridgehead atoms. The number of hydrogen-bond acceptors (Lipinski definition) is 4. The maximum Gasteiger partial charge on any atom is 0.244 e. The van der Waals surface area contributed by atoms with Gasteiger partial charge in [0.15, 0.2) is 0 Å². The Morgan fingerprint density at radius 1 is 1.33 bits per heavy atom. The molecule has 0 saturated carbocycles. The van der Waals surface area contributed by atoms with Gasteiger partial charge < -0.3 is 11.5 Å². The highest BCUT2D eigenvalue weighted by atomic mass is 35.5. The Bertz CT molecular complexity index is 640. The number of nitrogens with zero attached hydrogens (tertiary/aromatic N) is 1. The van der Waals surface area contributed by atoms with E-state index < -0.39 is 10.0 Å². The van der Waals surface area contributed by atoms with Crippen molar-refractivity contribution in [3.8, 4) is 0 Å². The Hall–Kier alpha value is -1.15. The smallest absolute Gasteiger partial charge is 0.244 e. The molecule has 4 N–H and O–H groups in total. The average Bonchev–Trinajstić information content (AvgIpc) is 2.46. The molecule has 1 heterocycles. The highest BCUT2D eigenvalue weighted by molar-refractivity contribution is 7.89. The first kappa shape index (κ1) is 16.2. The van der Waals surface area contributed by atoms with Crippen LogP contribution in [0, 0.1) is 5.92 Å². The fourth-order valence-corrected chi connectivity index (χ4v) is 4.41. The molecular weight excluding hydrogens is 314 g/mol. The number of amides is 1. The molecule has 1 aromatic rings. The summed E-state index contributed by atoms with van der Waals surface area (Å²) in [6.45, 7) is 0.833. The molecule has 0 aliphatic carbocycles. The van der Waals surface area contributed by atoms with Gasteiger partial charge in [0.2, 0.25) is 15.9 Å². The van der Waals surface area contributed by atoms with Crippen LogP contribution in [0.5, 0.6) is 0 Å². The summed E-state index contributed by atoms with van der Waals surface area (Å²) in [5.41, 5.74) is 11.5. The molecule has 0 aromatic heterocycles. The molecule has 6 nitrogen and oxygen atoms in total. The Morgan fingerprint density at radius 2 is 1.95 bits per heavy atom. The number of benzene rings is 1. The standard InChI is InChI=1S/C13H18ClN3O3S/c14-11-7-9(8-15)1-2-12(11)21(19,20)17-5-3-10(4-6-17)13(16)18/h1-2,7,10H,3-6,8,15H2,(H2,16,18). The quantitative estimate of drug-likeness (QED) is 0.846. The maximum absolute atomic E-state index is 12.6. The fraction of sp³-hybridized carbons (Fsp3) is 0.462. The van der Waals surface area contributed by atoms with Crippen molar-refractivity contribution < 1.29 is 13.2 Å². The predicted octanol–water partition coefficient (Wildman–Crippen LogP) is 0.685. The van der Waals surface area contributed by atoms with Crippen molar-refractivity contribution in [3.63, 3.8) is 0 Å². The Kier molecular flexibility index (Phi) is 4.88. The fourth-order valence-electron chi connectivity index (χ4n) is 2.40. The van der Waals surface area contributed by atoms with Gasteiger partial charge in [-0.15, -0.1) is 0 Å². The second-order valence-electron chi connectivity index (χ2n) is 5.05. The topological polar surface area (TPSA) is 106 Å². The zero-order valence-corrected chi connectivity index (χ0v) is 13.0. The van der Waals surface area contributed by atoms with Gasteiger partial charge in [0, 0.05) is 25.6 Å². The van der Waals surface area contributed by atoms with Crippen molar-refractivity contribution in [2.75, 3.05) is 13.1 Å². The molecule has 1 aromatic carbocycles. The van der Waals surface area contributed by atoms with Crippen LogP contribution in [-0.4, -0.2) is 31.7 Å². The molecule has 1 aliphatic heterocycles. The first-order valence-corrected chi connectivity index (χ1v) is 8.46. The van der Waals surface area contributed by atoms with Gasteiger partial charge in [0.05, 0.1) is 5.02 Å². The minimum absolute atomic E-state index is 0.0684. The van der Waals surface area contributed by atoms with Crippen LogP contribution >= 0.6 is 11.6 Å². The van der Waals surface area contributed by atoms with E-state index in [1.165, 1.54) is 10.4 Å². The first-order valence-electron chi connectivity index (χ1n) is 6.64. The van der Waals surface area contributed by atoms with Crippen molar-refractivity contribution in [1.29, 1.82) is 0 Å². The Labute approximate surface area is 129 Å². The summed E-state index contributed by atoms with van der Waals surface area (Å²) < 4.78 is 26.5. The van der Waals surface area contributed by atoms with Gasteiger partial charge in [-0.1, -0.05) is 17.7 Å². The van der Waals surface area contributed by atoms with Crippen molar-refractivity contribution in [1.82, 2.24) is 4.31 Å². The zero-order valence-electron chi connectivity index (χ0n) is 11.5. The minimum atomic E-state index is -3.66. The van der Waals surface area contributed by atoms with Crippen LogP contribution in [-0.2, 0) is 21.4 Å². The number of primary amides is 1. The van der Waals surface area contributed by atoms with Crippen molar-refractivity contribution in [3.05, 3.63) is 28.8 Å². The molecule has 0 radical (unpaired) electrons. The summed E-state index contributed by atoms with van der Waals surface area (Å²) in [5, 5.41) is 0.162.